The SMILES string of the molecule is CC.Cc1nn2c(c1C)OCCC2C. The molecular weight excluding hydrogens is 176 g/mol. The van der Waals surface area contributed by atoms with E-state index in [2.05, 4.69) is 18.9 Å². The highest BCUT2D eigenvalue weighted by Gasteiger charge is 2.21. The molecule has 3 nitrogen and oxygen atoms in total. The number of fused-ring (bicyclic) bond motifs is 1. The van der Waals surface area contributed by atoms with Crippen molar-refractivity contribution in [3.05, 3.63) is 11.3 Å². The first kappa shape index (κ1) is 11.1. The van der Waals surface area contributed by atoms with E-state index in [1.165, 1.54) is 5.56 Å². The van der Waals surface area contributed by atoms with Crippen molar-refractivity contribution < 1.29 is 4.74 Å². The Bertz CT molecular complexity index is 304. The number of aromatic nitrogens is 2. The molecule has 2 rings (SSSR count). The number of rotatable bonds is 0. The summed E-state index contributed by atoms with van der Waals surface area (Å²) >= 11 is 0. The third-order valence-corrected chi connectivity index (χ3v) is 2.52. The van der Waals surface area contributed by atoms with E-state index >= 15 is 0 Å². The van der Waals surface area contributed by atoms with Crippen molar-refractivity contribution in [3.63, 3.8) is 0 Å². The van der Waals surface area contributed by atoms with Gasteiger partial charge < -0.3 is 4.74 Å². The van der Waals surface area contributed by atoms with Crippen molar-refractivity contribution in [1.29, 1.82) is 0 Å². The summed E-state index contributed by atoms with van der Waals surface area (Å²) in [4.78, 5) is 0. The van der Waals surface area contributed by atoms with Crippen LogP contribution in [-0.2, 0) is 0 Å². The van der Waals surface area contributed by atoms with Crippen LogP contribution in [0.1, 0.15) is 44.5 Å². The van der Waals surface area contributed by atoms with Gasteiger partial charge in [-0.15, -0.1) is 0 Å². The van der Waals surface area contributed by atoms with Crippen molar-refractivity contribution >= 4 is 0 Å². The molecule has 1 atom stereocenters. The molecule has 0 aromatic carbocycles. The maximum atomic E-state index is 5.55. The van der Waals surface area contributed by atoms with E-state index in [0.29, 0.717) is 6.04 Å². The highest BCUT2D eigenvalue weighted by molar-refractivity contribution is 5.30. The third-order valence-electron chi connectivity index (χ3n) is 2.52. The van der Waals surface area contributed by atoms with Crippen molar-refractivity contribution in [2.24, 2.45) is 0 Å². The normalized spacial score (nSPS) is 19.1. The van der Waals surface area contributed by atoms with Crippen LogP contribution in [0.3, 0.4) is 0 Å². The average molecular weight is 196 g/mol. The zero-order valence-electron chi connectivity index (χ0n) is 9.79. The van der Waals surface area contributed by atoms with Crippen LogP contribution < -0.4 is 4.74 Å². The van der Waals surface area contributed by atoms with Gasteiger partial charge in [-0.3, -0.25) is 0 Å². The van der Waals surface area contributed by atoms with Gasteiger partial charge in [-0.1, -0.05) is 13.8 Å². The monoisotopic (exact) mass is 196 g/mol. The zero-order valence-corrected chi connectivity index (χ0v) is 9.79. The lowest BCUT2D eigenvalue weighted by atomic mass is 10.2. The molecule has 1 aliphatic rings. The minimum Gasteiger partial charge on any atom is -0.478 e. The zero-order chi connectivity index (χ0) is 10.7. The molecule has 14 heavy (non-hydrogen) atoms. The predicted molar refractivity (Wildman–Crippen MR) is 57.9 cm³/mol. The smallest absolute Gasteiger partial charge is 0.215 e. The summed E-state index contributed by atoms with van der Waals surface area (Å²) in [6.07, 6.45) is 1.06. The molecule has 0 bridgehead atoms. The molecule has 0 N–H and O–H groups in total. The third kappa shape index (κ3) is 1.76. The molecule has 1 aliphatic heterocycles. The molecule has 1 unspecified atom stereocenters. The van der Waals surface area contributed by atoms with Crippen LogP contribution in [0.5, 0.6) is 5.88 Å². The summed E-state index contributed by atoms with van der Waals surface area (Å²) in [5.74, 6) is 0.964. The molecule has 0 spiro atoms. The van der Waals surface area contributed by atoms with E-state index in [0.717, 1.165) is 24.6 Å². The van der Waals surface area contributed by atoms with E-state index in [4.69, 9.17) is 4.74 Å². The van der Waals surface area contributed by atoms with Crippen LogP contribution in [0.2, 0.25) is 0 Å². The molecule has 0 aliphatic carbocycles. The van der Waals surface area contributed by atoms with Crippen LogP contribution in [-0.4, -0.2) is 16.4 Å². The summed E-state index contributed by atoms with van der Waals surface area (Å²) in [5.41, 5.74) is 2.26. The van der Waals surface area contributed by atoms with Crippen molar-refractivity contribution in [2.45, 2.75) is 47.1 Å². The lowest BCUT2D eigenvalue weighted by molar-refractivity contribution is 0.200. The van der Waals surface area contributed by atoms with Crippen LogP contribution >= 0.6 is 0 Å². The molecule has 1 aromatic heterocycles. The lowest BCUT2D eigenvalue weighted by Crippen LogP contribution is -2.19. The average Bonchev–Trinajstić information content (AvgIpc) is 2.50. The second kappa shape index (κ2) is 4.49. The molecular formula is C11H20N2O. The fourth-order valence-corrected chi connectivity index (χ4v) is 1.53. The fraction of sp³-hybridized carbons (Fsp3) is 0.727. The van der Waals surface area contributed by atoms with Crippen molar-refractivity contribution in [3.8, 4) is 5.88 Å². The lowest BCUT2D eigenvalue weighted by Gasteiger charge is -2.21. The van der Waals surface area contributed by atoms with Gasteiger partial charge in [0.2, 0.25) is 5.88 Å². The highest BCUT2D eigenvalue weighted by Crippen LogP contribution is 2.29. The van der Waals surface area contributed by atoms with E-state index in [1.807, 2.05) is 25.5 Å². The minimum atomic E-state index is 0.487. The van der Waals surface area contributed by atoms with E-state index in [1.54, 1.807) is 0 Å². The van der Waals surface area contributed by atoms with Crippen LogP contribution in [0.25, 0.3) is 0 Å². The molecule has 1 aromatic rings. The van der Waals surface area contributed by atoms with Gasteiger partial charge in [0.1, 0.15) is 0 Å². The maximum absolute atomic E-state index is 5.55. The Morgan fingerprint density at radius 3 is 2.57 bits per heavy atom. The number of aryl methyl sites for hydroxylation is 1. The predicted octanol–water partition coefficient (Wildman–Crippen LogP) is 2.87. The Kier molecular flexibility index (Phi) is 3.55. The Hall–Kier alpha value is -0.990. The molecule has 0 saturated carbocycles. The first-order valence-electron chi connectivity index (χ1n) is 5.38. The van der Waals surface area contributed by atoms with Crippen LogP contribution in [0, 0.1) is 13.8 Å². The van der Waals surface area contributed by atoms with Crippen LogP contribution in [0.15, 0.2) is 0 Å². The quantitative estimate of drug-likeness (QED) is 0.638. The summed E-state index contributed by atoms with van der Waals surface area (Å²) in [6.45, 7) is 11.1. The van der Waals surface area contributed by atoms with E-state index < -0.39 is 0 Å². The molecule has 0 saturated heterocycles. The summed E-state index contributed by atoms with van der Waals surface area (Å²) in [5, 5.41) is 4.42. The van der Waals surface area contributed by atoms with Crippen molar-refractivity contribution in [2.75, 3.05) is 6.61 Å². The first-order chi connectivity index (χ1) is 6.70. The van der Waals surface area contributed by atoms with Crippen LogP contribution in [0.4, 0.5) is 0 Å². The number of hydrogen-bond donors (Lipinski definition) is 0. The standard InChI is InChI=1S/C9H14N2O.C2H6/c1-6-4-5-12-9-7(2)8(3)10-11(6)9;1-2/h6H,4-5H2,1-3H3;1-2H3. The van der Waals surface area contributed by atoms with Gasteiger partial charge in [0.15, 0.2) is 0 Å². The van der Waals surface area contributed by atoms with Gasteiger partial charge in [-0.05, 0) is 20.8 Å². The second-order valence-electron chi connectivity index (χ2n) is 3.45. The molecule has 0 fully saturated rings. The highest BCUT2D eigenvalue weighted by atomic mass is 16.5. The van der Waals surface area contributed by atoms with Gasteiger partial charge in [-0.25, -0.2) is 4.68 Å². The molecule has 0 amide bonds. The molecule has 80 valence electrons. The summed E-state index contributed by atoms with van der Waals surface area (Å²) in [6, 6.07) is 0.487. The molecule has 2 heterocycles. The Morgan fingerprint density at radius 2 is 2.00 bits per heavy atom. The Morgan fingerprint density at radius 1 is 1.36 bits per heavy atom. The van der Waals surface area contributed by atoms with Gasteiger partial charge in [-0.2, -0.15) is 5.10 Å². The topological polar surface area (TPSA) is 27.1 Å². The van der Waals surface area contributed by atoms with Crippen molar-refractivity contribution in [1.82, 2.24) is 9.78 Å². The second-order valence-corrected chi connectivity index (χ2v) is 3.45. The van der Waals surface area contributed by atoms with Gasteiger partial charge in [0.05, 0.1) is 18.3 Å². The molecule has 3 heteroatoms. The van der Waals surface area contributed by atoms with Gasteiger partial charge in [0.25, 0.3) is 0 Å². The largest absolute Gasteiger partial charge is 0.478 e. The van der Waals surface area contributed by atoms with Gasteiger partial charge in [0, 0.05) is 12.0 Å². The van der Waals surface area contributed by atoms with E-state index in [9.17, 15) is 0 Å². The first-order valence-corrected chi connectivity index (χ1v) is 5.38. The molecule has 0 radical (unpaired) electrons. The maximum Gasteiger partial charge on any atom is 0.215 e. The van der Waals surface area contributed by atoms with Gasteiger partial charge >= 0.3 is 0 Å². The number of ether oxygens (including phenoxy) is 1. The minimum absolute atomic E-state index is 0.487. The summed E-state index contributed by atoms with van der Waals surface area (Å²) < 4.78 is 7.54. The number of nitrogens with zero attached hydrogens (tertiary/aromatic N) is 2. The fourth-order valence-electron chi connectivity index (χ4n) is 1.53. The number of hydrogen-bond acceptors (Lipinski definition) is 2. The van der Waals surface area contributed by atoms with E-state index in [-0.39, 0.29) is 0 Å². The Labute approximate surface area is 86.1 Å². The summed E-state index contributed by atoms with van der Waals surface area (Å²) in [7, 11) is 0. The Balaban J connectivity index is 0.000000461.